The second-order valence-corrected chi connectivity index (χ2v) is 4.42. The molecule has 0 aromatic rings. The number of hydrogen-bond acceptors (Lipinski definition) is 1. The minimum absolute atomic E-state index is 0.828. The zero-order valence-corrected chi connectivity index (χ0v) is 6.74. The van der Waals surface area contributed by atoms with E-state index in [-0.39, 0.29) is 0 Å². The zero-order chi connectivity index (χ0) is 7.42. The van der Waals surface area contributed by atoms with Gasteiger partial charge in [0.25, 0.3) is 0 Å². The molecule has 1 nitrogen and oxygen atoms in total. The van der Waals surface area contributed by atoms with Gasteiger partial charge < -0.3 is 5.73 Å². The van der Waals surface area contributed by atoms with Crippen molar-refractivity contribution in [2.75, 3.05) is 6.54 Å². The molecular weight excluding hydrogens is 134 g/mol. The number of allylic oxidation sites excluding steroid dienone is 2. The highest BCUT2D eigenvalue weighted by molar-refractivity contribution is 5.18. The molecule has 60 valence electrons. The minimum atomic E-state index is 0.828. The van der Waals surface area contributed by atoms with Gasteiger partial charge in [0.1, 0.15) is 0 Å². The monoisotopic (exact) mass is 149 g/mol. The van der Waals surface area contributed by atoms with E-state index in [2.05, 4.69) is 12.2 Å². The summed E-state index contributed by atoms with van der Waals surface area (Å²) in [6, 6.07) is 0. The van der Waals surface area contributed by atoms with Crippen molar-refractivity contribution in [3.8, 4) is 0 Å². The third-order valence-electron chi connectivity index (χ3n) is 3.94. The molecule has 0 aromatic carbocycles. The molecule has 0 heterocycles. The molecule has 4 rings (SSSR count). The third kappa shape index (κ3) is 0.698. The highest BCUT2D eigenvalue weighted by atomic mass is 14.6. The lowest BCUT2D eigenvalue weighted by atomic mass is 9.69. The van der Waals surface area contributed by atoms with Crippen molar-refractivity contribution < 1.29 is 0 Å². The van der Waals surface area contributed by atoms with E-state index in [4.69, 9.17) is 5.73 Å². The highest BCUT2D eigenvalue weighted by Gasteiger charge is 2.54. The van der Waals surface area contributed by atoms with Crippen molar-refractivity contribution >= 4 is 0 Å². The maximum Gasteiger partial charge on any atom is -0.00429 e. The molecule has 2 fully saturated rings. The van der Waals surface area contributed by atoms with E-state index in [1.54, 1.807) is 0 Å². The van der Waals surface area contributed by atoms with Gasteiger partial charge in [0.2, 0.25) is 0 Å². The molecule has 0 spiro atoms. The Balaban J connectivity index is 1.92. The fourth-order valence-corrected chi connectivity index (χ4v) is 3.25. The summed E-state index contributed by atoms with van der Waals surface area (Å²) in [7, 11) is 0. The van der Waals surface area contributed by atoms with Gasteiger partial charge in [0, 0.05) is 0 Å². The Hall–Kier alpha value is -0.300. The molecule has 11 heavy (non-hydrogen) atoms. The van der Waals surface area contributed by atoms with Crippen LogP contribution < -0.4 is 5.73 Å². The molecule has 0 radical (unpaired) electrons. The van der Waals surface area contributed by atoms with Crippen molar-refractivity contribution in [2.24, 2.45) is 35.3 Å². The quantitative estimate of drug-likeness (QED) is 0.560. The van der Waals surface area contributed by atoms with Crippen LogP contribution >= 0.6 is 0 Å². The molecule has 2 bridgehead atoms. The summed E-state index contributed by atoms with van der Waals surface area (Å²) >= 11 is 0. The van der Waals surface area contributed by atoms with Crippen LogP contribution in [0.4, 0.5) is 0 Å². The molecule has 0 saturated heterocycles. The van der Waals surface area contributed by atoms with Gasteiger partial charge in [-0.15, -0.1) is 0 Å². The standard InChI is InChI=1S/C10H15N/c11-5-7-3-6-1-2-8(7)10-4-9(6)10/h1-2,6-10H,3-5,11H2. The molecule has 2 saturated carbocycles. The summed E-state index contributed by atoms with van der Waals surface area (Å²) in [6.45, 7) is 0.911. The molecule has 0 aliphatic heterocycles. The first-order chi connectivity index (χ1) is 5.40. The Morgan fingerprint density at radius 3 is 2.82 bits per heavy atom. The van der Waals surface area contributed by atoms with Crippen molar-refractivity contribution in [1.29, 1.82) is 0 Å². The van der Waals surface area contributed by atoms with Gasteiger partial charge in [-0.2, -0.15) is 0 Å². The van der Waals surface area contributed by atoms with Crippen LogP contribution in [0.5, 0.6) is 0 Å². The summed E-state index contributed by atoms with van der Waals surface area (Å²) in [5.41, 5.74) is 5.74. The molecule has 5 unspecified atom stereocenters. The first kappa shape index (κ1) is 6.24. The van der Waals surface area contributed by atoms with Crippen molar-refractivity contribution in [3.05, 3.63) is 12.2 Å². The zero-order valence-electron chi connectivity index (χ0n) is 6.74. The van der Waals surface area contributed by atoms with Gasteiger partial charge in [-0.25, -0.2) is 0 Å². The van der Waals surface area contributed by atoms with Crippen molar-refractivity contribution in [3.63, 3.8) is 0 Å². The van der Waals surface area contributed by atoms with Crippen LogP contribution in [-0.2, 0) is 0 Å². The van der Waals surface area contributed by atoms with Crippen LogP contribution in [0, 0.1) is 29.6 Å². The normalized spacial score (nSPS) is 57.7. The van der Waals surface area contributed by atoms with Gasteiger partial charge >= 0.3 is 0 Å². The van der Waals surface area contributed by atoms with Crippen LogP contribution in [0.15, 0.2) is 12.2 Å². The predicted molar refractivity (Wildman–Crippen MR) is 44.9 cm³/mol. The largest absolute Gasteiger partial charge is 0.330 e. The van der Waals surface area contributed by atoms with Crippen LogP contribution in [0.3, 0.4) is 0 Å². The number of hydrogen-bond donors (Lipinski definition) is 1. The number of fused-ring (bicyclic) bond motifs is 1. The SMILES string of the molecule is NCC1CC2C=CC1C1CC21. The lowest BCUT2D eigenvalue weighted by Crippen LogP contribution is -2.34. The first-order valence-electron chi connectivity index (χ1n) is 4.78. The van der Waals surface area contributed by atoms with E-state index < -0.39 is 0 Å². The topological polar surface area (TPSA) is 26.0 Å². The van der Waals surface area contributed by atoms with Crippen molar-refractivity contribution in [1.82, 2.24) is 0 Å². The third-order valence-corrected chi connectivity index (χ3v) is 3.94. The Kier molecular flexibility index (Phi) is 1.07. The smallest absolute Gasteiger partial charge is 0.00429 e. The Morgan fingerprint density at radius 2 is 2.09 bits per heavy atom. The highest BCUT2D eigenvalue weighted by Crippen LogP contribution is 2.61. The summed E-state index contributed by atoms with van der Waals surface area (Å²) < 4.78 is 0. The lowest BCUT2D eigenvalue weighted by Gasteiger charge is -2.36. The second-order valence-electron chi connectivity index (χ2n) is 4.42. The van der Waals surface area contributed by atoms with Gasteiger partial charge in [-0.1, -0.05) is 12.2 Å². The maximum atomic E-state index is 5.74. The van der Waals surface area contributed by atoms with Gasteiger partial charge in [0.05, 0.1) is 0 Å². The van der Waals surface area contributed by atoms with Crippen LogP contribution in [0.1, 0.15) is 12.8 Å². The van der Waals surface area contributed by atoms with Gasteiger partial charge in [-0.3, -0.25) is 0 Å². The van der Waals surface area contributed by atoms with E-state index in [0.717, 1.165) is 36.1 Å². The van der Waals surface area contributed by atoms with Crippen LogP contribution in [0.25, 0.3) is 0 Å². The first-order valence-corrected chi connectivity index (χ1v) is 4.78. The minimum Gasteiger partial charge on any atom is -0.330 e. The van der Waals surface area contributed by atoms with E-state index in [1.807, 2.05) is 0 Å². The fraction of sp³-hybridized carbons (Fsp3) is 0.800. The van der Waals surface area contributed by atoms with E-state index in [0.29, 0.717) is 0 Å². The predicted octanol–water partition coefficient (Wildman–Crippen LogP) is 1.40. The average Bonchev–Trinajstić information content (AvgIpc) is 2.84. The van der Waals surface area contributed by atoms with Crippen LogP contribution in [0.2, 0.25) is 0 Å². The van der Waals surface area contributed by atoms with Gasteiger partial charge in [-0.05, 0) is 49.0 Å². The van der Waals surface area contributed by atoms with Crippen molar-refractivity contribution in [2.45, 2.75) is 12.8 Å². The molecular formula is C10H15N. The molecule has 5 atom stereocenters. The van der Waals surface area contributed by atoms with Gasteiger partial charge in [0.15, 0.2) is 0 Å². The number of rotatable bonds is 1. The summed E-state index contributed by atoms with van der Waals surface area (Å²) in [5.74, 6) is 4.74. The molecule has 4 aliphatic carbocycles. The van der Waals surface area contributed by atoms with E-state index in [9.17, 15) is 0 Å². The van der Waals surface area contributed by atoms with E-state index >= 15 is 0 Å². The molecule has 1 heteroatoms. The Labute approximate surface area is 67.7 Å². The maximum absolute atomic E-state index is 5.74. The molecule has 4 aliphatic rings. The molecule has 0 aromatic heterocycles. The average molecular weight is 149 g/mol. The molecule has 2 N–H and O–H groups in total. The Morgan fingerprint density at radius 1 is 1.18 bits per heavy atom. The second kappa shape index (κ2) is 1.89. The lowest BCUT2D eigenvalue weighted by molar-refractivity contribution is 0.212. The van der Waals surface area contributed by atoms with Crippen LogP contribution in [-0.4, -0.2) is 6.54 Å². The summed E-state index contributed by atoms with van der Waals surface area (Å²) in [4.78, 5) is 0. The molecule has 0 amide bonds. The summed E-state index contributed by atoms with van der Waals surface area (Å²) in [6.07, 6.45) is 7.78. The summed E-state index contributed by atoms with van der Waals surface area (Å²) in [5, 5.41) is 0. The number of nitrogens with two attached hydrogens (primary N) is 1. The Bertz CT molecular complexity index is 209. The van der Waals surface area contributed by atoms with E-state index in [1.165, 1.54) is 12.8 Å². The fourth-order valence-electron chi connectivity index (χ4n) is 3.25.